The third-order valence-corrected chi connectivity index (χ3v) is 12.8. The molecule has 0 spiro atoms. The van der Waals surface area contributed by atoms with Gasteiger partial charge in [0.1, 0.15) is 5.60 Å². The smallest absolute Gasteiger partial charge is 0.410 e. The Morgan fingerprint density at radius 2 is 0.937 bits per heavy atom. The van der Waals surface area contributed by atoms with Gasteiger partial charge in [-0.25, -0.2) is 9.59 Å². The number of hydrogen-bond donors (Lipinski definition) is 0. The van der Waals surface area contributed by atoms with Gasteiger partial charge in [0.2, 0.25) is 11.8 Å². The zero-order valence-corrected chi connectivity index (χ0v) is 42.0. The summed E-state index contributed by atoms with van der Waals surface area (Å²) in [6.45, 7) is 33.7. The Bertz CT molecular complexity index is 1180. The van der Waals surface area contributed by atoms with Gasteiger partial charge in [-0.1, -0.05) is 81.6 Å². The van der Waals surface area contributed by atoms with Crippen molar-refractivity contribution < 1.29 is 28.7 Å². The summed E-state index contributed by atoms with van der Waals surface area (Å²) < 4.78 is 10.2. The fourth-order valence-electron chi connectivity index (χ4n) is 8.70. The van der Waals surface area contributed by atoms with Crippen molar-refractivity contribution in [1.82, 2.24) is 24.5 Å². The molecule has 6 rings (SSSR count). The number of likely N-dealkylation sites (tertiary alicyclic amines) is 5. The lowest BCUT2D eigenvalue weighted by Gasteiger charge is -2.32. The molecule has 0 bridgehead atoms. The van der Waals surface area contributed by atoms with E-state index < -0.39 is 0 Å². The molecule has 3 unspecified atom stereocenters. The average molecular weight is 896 g/mol. The first kappa shape index (κ1) is 62.5. The molecule has 63 heavy (non-hydrogen) atoms. The third kappa shape index (κ3) is 30.3. The van der Waals surface area contributed by atoms with Crippen LogP contribution in [0.4, 0.5) is 9.59 Å². The quantitative estimate of drug-likeness (QED) is 0.258. The molecule has 11 nitrogen and oxygen atoms in total. The van der Waals surface area contributed by atoms with E-state index in [1.165, 1.54) is 90.1 Å². The zero-order valence-electron chi connectivity index (χ0n) is 42.0. The molecule has 3 atom stereocenters. The van der Waals surface area contributed by atoms with E-state index in [1.54, 1.807) is 18.7 Å². The topological polar surface area (TPSA) is 103 Å². The van der Waals surface area contributed by atoms with Crippen LogP contribution in [0, 0.1) is 29.6 Å². The summed E-state index contributed by atoms with van der Waals surface area (Å²) in [5.41, 5.74) is -0.375. The first-order valence-corrected chi connectivity index (χ1v) is 24.8. The van der Waals surface area contributed by atoms with Crippen molar-refractivity contribution in [2.75, 3.05) is 72.6 Å². The minimum absolute atomic E-state index is 0. The second-order valence-electron chi connectivity index (χ2n) is 20.5. The van der Waals surface area contributed by atoms with Crippen LogP contribution in [0.1, 0.15) is 201 Å². The van der Waals surface area contributed by atoms with Crippen LogP contribution in [-0.2, 0) is 19.1 Å². The summed E-state index contributed by atoms with van der Waals surface area (Å²) in [5, 5.41) is 0. The molecule has 374 valence electrons. The Balaban J connectivity index is 0. The van der Waals surface area contributed by atoms with Gasteiger partial charge in [-0.3, -0.25) is 9.59 Å². The Kier molecular flexibility index (Phi) is 34.5. The van der Waals surface area contributed by atoms with E-state index in [0.717, 1.165) is 95.2 Å². The maximum atomic E-state index is 11.6. The van der Waals surface area contributed by atoms with Crippen molar-refractivity contribution in [3.05, 3.63) is 0 Å². The second-order valence-corrected chi connectivity index (χ2v) is 20.5. The lowest BCUT2D eigenvalue weighted by Crippen LogP contribution is -2.41. The van der Waals surface area contributed by atoms with Crippen molar-refractivity contribution in [3.8, 4) is 0 Å². The van der Waals surface area contributed by atoms with Gasteiger partial charge in [-0.15, -0.1) is 0 Å². The highest BCUT2D eigenvalue weighted by atomic mass is 16.6. The number of piperidine rings is 5. The predicted octanol–water partition coefficient (Wildman–Crippen LogP) is 12.4. The number of carbonyl (C=O) groups is 4. The van der Waals surface area contributed by atoms with Gasteiger partial charge in [-0.2, -0.15) is 0 Å². The number of hydrogen-bond acceptors (Lipinski definition) is 7. The molecule has 6 fully saturated rings. The number of amides is 4. The molecule has 0 aromatic heterocycles. The Morgan fingerprint density at radius 3 is 1.27 bits per heavy atom. The van der Waals surface area contributed by atoms with E-state index in [1.807, 2.05) is 42.4 Å². The molecular formula is C52H105N5O6. The monoisotopic (exact) mass is 896 g/mol. The van der Waals surface area contributed by atoms with Crippen molar-refractivity contribution in [2.24, 2.45) is 29.6 Å². The van der Waals surface area contributed by atoms with Crippen LogP contribution in [0.3, 0.4) is 0 Å². The van der Waals surface area contributed by atoms with Crippen LogP contribution in [0.25, 0.3) is 0 Å². The zero-order chi connectivity index (χ0) is 46.0. The van der Waals surface area contributed by atoms with Crippen molar-refractivity contribution in [1.29, 1.82) is 0 Å². The minimum atomic E-state index is -0.375. The summed E-state index contributed by atoms with van der Waals surface area (Å²) in [4.78, 5) is 54.6. The molecule has 5 saturated heterocycles. The molecule has 1 aliphatic carbocycles. The molecular weight excluding hydrogens is 791 g/mol. The number of ether oxygens (including phenoxy) is 2. The Hall–Kier alpha value is -2.56. The van der Waals surface area contributed by atoms with Gasteiger partial charge in [-0.05, 0) is 148 Å². The molecule has 0 N–H and O–H groups in total. The number of carbonyl (C=O) groups excluding carboxylic acids is 4. The molecule has 0 radical (unpaired) electrons. The van der Waals surface area contributed by atoms with Gasteiger partial charge in [0.05, 0.1) is 6.61 Å². The van der Waals surface area contributed by atoms with Crippen molar-refractivity contribution >= 4 is 24.0 Å². The van der Waals surface area contributed by atoms with Crippen molar-refractivity contribution in [2.45, 2.75) is 212 Å². The second kappa shape index (κ2) is 34.7. The normalized spacial score (nSPS) is 23.5. The largest absolute Gasteiger partial charge is 0.450 e. The van der Waals surface area contributed by atoms with Crippen LogP contribution in [0.15, 0.2) is 0 Å². The standard InChI is InChI=1S/C11H21NO2.C9H17NO2.2C8H15NO.C7H15N.C7H14.2CH4/c1-9-5-7-12(8-6-9)10(13)14-11(2,3)4;1-3-12-9(11)10-6-4-8(2)5-7-10;1-7-4-3-5-9(6-7)8(2)10;1-7-5-3-4-6-9(7)8(2)10;1-7-4-3-5-8(2)6-7;1-7-5-3-2-4-6-7;;/h9H,5-8H2,1-4H3;8H,3-7H2,1-2H3;2*7H,3-6H2,1-2H3;7H,3-6H2,1-2H3;7H,2-6H2,1H3;2*1H4. The van der Waals surface area contributed by atoms with Crippen LogP contribution in [0.2, 0.25) is 0 Å². The van der Waals surface area contributed by atoms with E-state index in [0.29, 0.717) is 18.6 Å². The molecule has 0 aromatic rings. The molecule has 1 saturated carbocycles. The van der Waals surface area contributed by atoms with Gasteiger partial charge < -0.3 is 34.0 Å². The van der Waals surface area contributed by atoms with Crippen LogP contribution in [-0.4, -0.2) is 133 Å². The Morgan fingerprint density at radius 1 is 0.492 bits per heavy atom. The average Bonchev–Trinajstić information content (AvgIpc) is 3.19. The fraction of sp³-hybridized carbons (Fsp3) is 0.923. The van der Waals surface area contributed by atoms with E-state index in [2.05, 4.69) is 53.5 Å². The predicted molar refractivity (Wildman–Crippen MR) is 266 cm³/mol. The van der Waals surface area contributed by atoms with Crippen LogP contribution < -0.4 is 0 Å². The first-order chi connectivity index (χ1) is 28.7. The number of rotatable bonds is 1. The van der Waals surface area contributed by atoms with Gasteiger partial charge in [0.15, 0.2) is 0 Å². The summed E-state index contributed by atoms with van der Waals surface area (Å²) in [6.07, 6.45) is 20.5. The highest BCUT2D eigenvalue weighted by Gasteiger charge is 2.25. The van der Waals surface area contributed by atoms with Crippen LogP contribution in [0.5, 0.6) is 0 Å². The summed E-state index contributed by atoms with van der Waals surface area (Å²) in [5.74, 6) is 4.64. The van der Waals surface area contributed by atoms with E-state index >= 15 is 0 Å². The lowest BCUT2D eigenvalue weighted by atomic mass is 9.91. The van der Waals surface area contributed by atoms with Gasteiger partial charge in [0.25, 0.3) is 0 Å². The van der Waals surface area contributed by atoms with Crippen molar-refractivity contribution in [3.63, 3.8) is 0 Å². The maximum Gasteiger partial charge on any atom is 0.410 e. The molecule has 11 heteroatoms. The van der Waals surface area contributed by atoms with E-state index in [-0.39, 0.29) is 44.5 Å². The summed E-state index contributed by atoms with van der Waals surface area (Å²) in [6, 6.07) is 0.478. The molecule has 5 heterocycles. The first-order valence-electron chi connectivity index (χ1n) is 24.8. The minimum Gasteiger partial charge on any atom is -0.450 e. The summed E-state index contributed by atoms with van der Waals surface area (Å²) in [7, 11) is 2.20. The highest BCUT2D eigenvalue weighted by Crippen LogP contribution is 2.23. The molecule has 6 aliphatic rings. The number of nitrogens with zero attached hydrogens (tertiary/aromatic N) is 5. The lowest BCUT2D eigenvalue weighted by molar-refractivity contribution is -0.132. The van der Waals surface area contributed by atoms with E-state index in [4.69, 9.17) is 9.47 Å². The molecule has 4 amide bonds. The fourth-order valence-corrected chi connectivity index (χ4v) is 8.70. The van der Waals surface area contributed by atoms with Crippen LogP contribution >= 0.6 is 0 Å². The highest BCUT2D eigenvalue weighted by molar-refractivity contribution is 5.74. The van der Waals surface area contributed by atoms with Gasteiger partial charge >= 0.3 is 12.2 Å². The SMILES string of the molecule is C.C.CC(=O)N1CCCC(C)C1.CC(=O)N1CCCCC1C.CC1CCCCC1.CC1CCCN(C)C1.CC1CCN(C(=O)OC(C)(C)C)CC1.CCOC(=O)N1CCC(C)CC1. The Labute approximate surface area is 390 Å². The molecule has 5 aliphatic heterocycles. The van der Waals surface area contributed by atoms with E-state index in [9.17, 15) is 19.2 Å². The summed E-state index contributed by atoms with van der Waals surface area (Å²) >= 11 is 0. The molecule has 0 aromatic carbocycles. The van der Waals surface area contributed by atoms with Gasteiger partial charge in [0, 0.05) is 72.2 Å². The maximum absolute atomic E-state index is 11.6. The third-order valence-electron chi connectivity index (χ3n) is 12.8.